The molecule has 0 unspecified atom stereocenters. The molecular weight excluding hydrogens is 907 g/mol. The Bertz CT molecular complexity index is 3310. The van der Waals surface area contributed by atoms with Gasteiger partial charge in [-0.15, -0.1) is 0 Å². The van der Waals surface area contributed by atoms with Gasteiger partial charge in [0.25, 0.3) is 0 Å². The number of para-hydroxylation sites is 4. The quantitative estimate of drug-likeness (QED) is 0.127. The number of anilines is 6. The molecule has 0 N–H and O–H groups in total. The van der Waals surface area contributed by atoms with Crippen LogP contribution in [0, 0.1) is 0 Å². The van der Waals surface area contributed by atoms with Crippen LogP contribution >= 0.6 is 0 Å². The van der Waals surface area contributed by atoms with Crippen LogP contribution in [0.4, 0.5) is 34.1 Å². The van der Waals surface area contributed by atoms with Crippen LogP contribution in [-0.4, -0.2) is 18.4 Å². The van der Waals surface area contributed by atoms with Gasteiger partial charge in [0.05, 0.1) is 0 Å². The van der Waals surface area contributed by atoms with E-state index in [0.29, 0.717) is 0 Å². The molecule has 1 aliphatic heterocycles. The van der Waals surface area contributed by atoms with E-state index in [0.717, 1.165) is 56.6 Å². The van der Waals surface area contributed by atoms with Crippen molar-refractivity contribution in [3.05, 3.63) is 267 Å². The van der Waals surface area contributed by atoms with Crippen LogP contribution in [-0.2, 0) is 0 Å². The van der Waals surface area contributed by atoms with Gasteiger partial charge in [0.15, 0.2) is 0 Å². The number of furan rings is 1. The molecule has 0 amide bonds. The number of rotatable bonds is 10. The van der Waals surface area contributed by atoms with E-state index in [2.05, 4.69) is 277 Å². The molecule has 66 heavy (non-hydrogen) atoms. The van der Waals surface area contributed by atoms with Crippen molar-refractivity contribution in [2.45, 2.75) is 0 Å². The van der Waals surface area contributed by atoms with Gasteiger partial charge in [0.2, 0.25) is 0 Å². The first kappa shape index (κ1) is 39.7. The summed E-state index contributed by atoms with van der Waals surface area (Å²) in [6.07, 6.45) is 0. The second-order valence-corrected chi connectivity index (χ2v) is 27.4. The summed E-state index contributed by atoms with van der Waals surface area (Å²) in [5, 5.41) is 1.20. The summed E-state index contributed by atoms with van der Waals surface area (Å²) in [6, 6.07) is 96.9. The standard InChI is InChI=1S/C50H34N2O.2C6H5.Sn/c1-5-16-43(17-6-1)51(44-18-7-2-8-19-44)47-29-24-37(25-30-47)39-14-13-15-41(34-39)50-36-42-35-40(28-33-49(42)53-50)38-26-31-48(32-27-38)52(45-20-9-3-10-21-45)46-22-11-4-12-23-46;2*1-2-4-6-5-3-1;/h1-14,16-35H;2*1-5H;. The van der Waals surface area contributed by atoms with E-state index < -0.39 is 18.4 Å². The number of hydrogen-bond donors (Lipinski definition) is 0. The summed E-state index contributed by atoms with van der Waals surface area (Å²) < 4.78 is 12.8. The maximum atomic E-state index is 7.15. The molecule has 2 heterocycles. The normalized spacial score (nSPS) is 12.4. The van der Waals surface area contributed by atoms with Crippen molar-refractivity contribution in [2.24, 2.45) is 0 Å². The predicted molar refractivity (Wildman–Crippen MR) is 279 cm³/mol. The van der Waals surface area contributed by atoms with Crippen molar-refractivity contribution in [3.8, 4) is 33.6 Å². The molecule has 312 valence electrons. The third-order valence-electron chi connectivity index (χ3n) is 13.1. The van der Waals surface area contributed by atoms with Crippen LogP contribution in [0.15, 0.2) is 271 Å². The van der Waals surface area contributed by atoms with Crippen molar-refractivity contribution >= 4 is 77.8 Å². The van der Waals surface area contributed by atoms with Crippen molar-refractivity contribution in [3.63, 3.8) is 0 Å². The van der Waals surface area contributed by atoms with Gasteiger partial charge in [-0.3, -0.25) is 0 Å². The summed E-state index contributed by atoms with van der Waals surface area (Å²) in [4.78, 5) is 4.62. The van der Waals surface area contributed by atoms with Gasteiger partial charge in [0.1, 0.15) is 0 Å². The van der Waals surface area contributed by atoms with E-state index in [-0.39, 0.29) is 0 Å². The molecule has 0 spiro atoms. The molecule has 0 saturated heterocycles. The fraction of sp³-hybridized carbons (Fsp3) is 0. The Labute approximate surface area is 390 Å². The Balaban J connectivity index is 0.989. The molecule has 0 fully saturated rings. The zero-order chi connectivity index (χ0) is 43.9. The third-order valence-corrected chi connectivity index (χ3v) is 27.1. The number of fused-ring (bicyclic) bond motifs is 5. The summed E-state index contributed by atoms with van der Waals surface area (Å²) in [5.41, 5.74) is 13.5. The van der Waals surface area contributed by atoms with Crippen LogP contribution in [0.3, 0.4) is 0 Å². The zero-order valence-corrected chi connectivity index (χ0v) is 39.1. The fourth-order valence-electron chi connectivity index (χ4n) is 10.2. The average molecular weight is 952 g/mol. The molecule has 1 aromatic heterocycles. The first-order valence-electron chi connectivity index (χ1n) is 22.6. The van der Waals surface area contributed by atoms with Crippen LogP contribution in [0.2, 0.25) is 0 Å². The molecule has 3 nitrogen and oxygen atoms in total. The molecule has 0 radical (unpaired) electrons. The van der Waals surface area contributed by atoms with E-state index in [9.17, 15) is 0 Å². The van der Waals surface area contributed by atoms with Crippen molar-refractivity contribution in [1.29, 1.82) is 0 Å². The molecular formula is C62H44N2OSn. The first-order valence-corrected chi connectivity index (χ1v) is 28.3. The summed E-state index contributed by atoms with van der Waals surface area (Å²) in [5.74, 6) is 1.01. The van der Waals surface area contributed by atoms with E-state index in [4.69, 9.17) is 4.42 Å². The summed E-state index contributed by atoms with van der Waals surface area (Å²) >= 11 is -4.05. The summed E-state index contributed by atoms with van der Waals surface area (Å²) in [6.45, 7) is 0. The second-order valence-electron chi connectivity index (χ2n) is 16.9. The van der Waals surface area contributed by atoms with Crippen LogP contribution in [0.25, 0.3) is 44.5 Å². The Kier molecular flexibility index (Phi) is 10.2. The Morgan fingerprint density at radius 3 is 1.08 bits per heavy atom. The van der Waals surface area contributed by atoms with Crippen LogP contribution in [0.5, 0.6) is 0 Å². The molecule has 0 aliphatic carbocycles. The topological polar surface area (TPSA) is 19.6 Å². The van der Waals surface area contributed by atoms with Crippen LogP contribution in [0.1, 0.15) is 0 Å². The van der Waals surface area contributed by atoms with Gasteiger partial charge in [-0.05, 0) is 0 Å². The molecule has 12 rings (SSSR count). The number of nitrogens with zero attached hydrogens (tertiary/aromatic N) is 2. The van der Waals surface area contributed by atoms with Gasteiger partial charge in [-0.25, -0.2) is 0 Å². The van der Waals surface area contributed by atoms with Crippen LogP contribution < -0.4 is 24.1 Å². The molecule has 4 heteroatoms. The van der Waals surface area contributed by atoms with Crippen molar-refractivity contribution in [2.75, 3.05) is 9.80 Å². The maximum absolute atomic E-state index is 7.15. The minimum absolute atomic E-state index is 0.926. The Hall–Kier alpha value is -7.86. The fourth-order valence-corrected chi connectivity index (χ4v) is 25.1. The average Bonchev–Trinajstić information content (AvgIpc) is 3.92. The van der Waals surface area contributed by atoms with E-state index in [1.165, 1.54) is 36.4 Å². The van der Waals surface area contributed by atoms with Gasteiger partial charge in [-0.1, -0.05) is 24.3 Å². The number of benzene rings is 10. The third kappa shape index (κ3) is 6.82. The van der Waals surface area contributed by atoms with Crippen molar-refractivity contribution < 1.29 is 4.42 Å². The SMILES string of the molecule is c1ccc(N(c2ccccc2)c2ccc(-c3cc[c]4c(c3)-c3oc5ccc(-c6ccc(N(c7ccccc7)c7ccccc7)cc6)cc5[c]3[Sn]4([c]3ccccc3)[c]3ccccc3)cc2)cc1. The van der Waals surface area contributed by atoms with Gasteiger partial charge < -0.3 is 0 Å². The molecule has 1 aliphatic rings. The van der Waals surface area contributed by atoms with E-state index in [1.807, 2.05) is 0 Å². The van der Waals surface area contributed by atoms with E-state index >= 15 is 0 Å². The summed E-state index contributed by atoms with van der Waals surface area (Å²) in [7, 11) is 0. The molecule has 0 atom stereocenters. The minimum atomic E-state index is -4.05. The molecule has 0 saturated carbocycles. The molecule has 11 aromatic rings. The van der Waals surface area contributed by atoms with E-state index in [1.54, 1.807) is 0 Å². The molecule has 0 bridgehead atoms. The second kappa shape index (κ2) is 16.9. The predicted octanol–water partition coefficient (Wildman–Crippen LogP) is 14.1. The monoisotopic (exact) mass is 952 g/mol. The van der Waals surface area contributed by atoms with Gasteiger partial charge >= 0.3 is 368 Å². The zero-order valence-electron chi connectivity index (χ0n) is 36.2. The van der Waals surface area contributed by atoms with Gasteiger partial charge in [-0.2, -0.15) is 0 Å². The first-order chi connectivity index (χ1) is 32.7. The Morgan fingerprint density at radius 1 is 0.303 bits per heavy atom. The number of hydrogen-bond acceptors (Lipinski definition) is 3. The molecule has 10 aromatic carbocycles. The Morgan fingerprint density at radius 2 is 0.652 bits per heavy atom. The van der Waals surface area contributed by atoms with Crippen molar-refractivity contribution in [1.82, 2.24) is 0 Å². The van der Waals surface area contributed by atoms with Gasteiger partial charge in [0, 0.05) is 0 Å².